The lowest BCUT2D eigenvalue weighted by atomic mass is 10.1. The maximum absolute atomic E-state index is 5.81. The normalized spacial score (nSPS) is 12.4. The summed E-state index contributed by atoms with van der Waals surface area (Å²) < 4.78 is 8.72. The van der Waals surface area contributed by atoms with Gasteiger partial charge in [0.2, 0.25) is 0 Å². The van der Waals surface area contributed by atoms with Gasteiger partial charge in [-0.05, 0) is 47.6 Å². The third-order valence-corrected chi connectivity index (χ3v) is 3.89. The number of halogens is 1. The van der Waals surface area contributed by atoms with E-state index in [-0.39, 0.29) is 6.04 Å². The number of rotatable bonds is 6. The maximum Gasteiger partial charge on any atom is 0.119 e. The van der Waals surface area contributed by atoms with Crippen molar-refractivity contribution >= 4 is 15.9 Å². The van der Waals surface area contributed by atoms with Crippen LogP contribution in [-0.4, -0.2) is 23.4 Å². The highest BCUT2D eigenvalue weighted by Gasteiger charge is 2.17. The number of aromatic nitrogens is 2. The van der Waals surface area contributed by atoms with Crippen LogP contribution in [0.5, 0.6) is 5.75 Å². The van der Waals surface area contributed by atoms with Gasteiger partial charge in [0.15, 0.2) is 0 Å². The molecule has 0 bridgehead atoms. The molecule has 2 aromatic rings. The van der Waals surface area contributed by atoms with E-state index in [1.165, 1.54) is 5.56 Å². The van der Waals surface area contributed by atoms with Gasteiger partial charge in [-0.3, -0.25) is 4.68 Å². The van der Waals surface area contributed by atoms with Crippen molar-refractivity contribution in [3.8, 4) is 5.75 Å². The second-order valence-electron chi connectivity index (χ2n) is 4.80. The van der Waals surface area contributed by atoms with E-state index in [1.54, 1.807) is 0 Å². The van der Waals surface area contributed by atoms with Gasteiger partial charge in [0.25, 0.3) is 0 Å². The van der Waals surface area contributed by atoms with Crippen molar-refractivity contribution in [2.75, 3.05) is 13.7 Å². The largest absolute Gasteiger partial charge is 0.494 e. The second kappa shape index (κ2) is 6.90. The Morgan fingerprint density at radius 2 is 2.25 bits per heavy atom. The number of nitrogens with one attached hydrogen (secondary N) is 1. The number of nitrogens with zero attached hydrogens (tertiary/aromatic N) is 2. The van der Waals surface area contributed by atoms with Crippen LogP contribution in [-0.2, 0) is 7.05 Å². The summed E-state index contributed by atoms with van der Waals surface area (Å²) >= 11 is 3.54. The molecule has 108 valence electrons. The highest BCUT2D eigenvalue weighted by Crippen LogP contribution is 2.25. The van der Waals surface area contributed by atoms with E-state index in [1.807, 2.05) is 43.2 Å². The van der Waals surface area contributed by atoms with Crippen LogP contribution in [0, 0.1) is 6.92 Å². The van der Waals surface area contributed by atoms with Crippen molar-refractivity contribution in [3.05, 3.63) is 46.2 Å². The molecule has 1 atom stereocenters. The van der Waals surface area contributed by atoms with Gasteiger partial charge in [-0.25, -0.2) is 0 Å². The van der Waals surface area contributed by atoms with Gasteiger partial charge >= 0.3 is 0 Å². The first-order valence-corrected chi connectivity index (χ1v) is 7.45. The van der Waals surface area contributed by atoms with Crippen LogP contribution in [0.25, 0.3) is 0 Å². The van der Waals surface area contributed by atoms with Crippen LogP contribution in [0.15, 0.2) is 34.9 Å². The van der Waals surface area contributed by atoms with E-state index < -0.39 is 0 Å². The minimum Gasteiger partial charge on any atom is -0.494 e. The molecule has 0 spiro atoms. The van der Waals surface area contributed by atoms with Crippen molar-refractivity contribution in [3.63, 3.8) is 0 Å². The molecule has 0 radical (unpaired) electrons. The average Bonchev–Trinajstić information content (AvgIpc) is 2.75. The van der Waals surface area contributed by atoms with Crippen molar-refractivity contribution in [1.82, 2.24) is 15.1 Å². The van der Waals surface area contributed by atoms with Crippen LogP contribution in [0.1, 0.15) is 23.7 Å². The predicted molar refractivity (Wildman–Crippen MR) is 84.0 cm³/mol. The first-order valence-electron chi connectivity index (χ1n) is 6.66. The minimum absolute atomic E-state index is 0.210. The summed E-state index contributed by atoms with van der Waals surface area (Å²) in [4.78, 5) is 0. The molecule has 0 saturated carbocycles. The van der Waals surface area contributed by atoms with Crippen LogP contribution >= 0.6 is 15.9 Å². The molecule has 0 aliphatic heterocycles. The Hall–Kier alpha value is -1.33. The Morgan fingerprint density at radius 3 is 2.85 bits per heavy atom. The third-order valence-electron chi connectivity index (χ3n) is 3.28. The van der Waals surface area contributed by atoms with Crippen molar-refractivity contribution in [1.29, 1.82) is 0 Å². The van der Waals surface area contributed by atoms with Crippen molar-refractivity contribution in [2.45, 2.75) is 19.4 Å². The fourth-order valence-corrected chi connectivity index (χ4v) is 2.85. The SMILES string of the molecule is CNC(CCOc1cccc(C)c1)c1c(Br)cnn1C. The van der Waals surface area contributed by atoms with Gasteiger partial charge in [-0.2, -0.15) is 5.10 Å². The summed E-state index contributed by atoms with van der Waals surface area (Å²) in [5.41, 5.74) is 2.35. The molecule has 2 rings (SSSR count). The average molecular weight is 338 g/mol. The Bertz CT molecular complexity index is 548. The minimum atomic E-state index is 0.210. The van der Waals surface area contributed by atoms with Crippen LogP contribution in [0.3, 0.4) is 0 Å². The van der Waals surface area contributed by atoms with Crippen molar-refractivity contribution in [2.24, 2.45) is 7.05 Å². The summed E-state index contributed by atoms with van der Waals surface area (Å²) in [6, 6.07) is 8.32. The molecule has 1 unspecified atom stereocenters. The lowest BCUT2D eigenvalue weighted by molar-refractivity contribution is 0.286. The van der Waals surface area contributed by atoms with Gasteiger partial charge in [-0.1, -0.05) is 12.1 Å². The van der Waals surface area contributed by atoms with Crippen LogP contribution < -0.4 is 10.1 Å². The first-order chi connectivity index (χ1) is 9.61. The summed E-state index contributed by atoms with van der Waals surface area (Å²) in [5.74, 6) is 0.920. The van der Waals surface area contributed by atoms with E-state index in [0.29, 0.717) is 6.61 Å². The number of hydrogen-bond donors (Lipinski definition) is 1. The lowest BCUT2D eigenvalue weighted by Crippen LogP contribution is -2.22. The van der Waals surface area contributed by atoms with Crippen molar-refractivity contribution < 1.29 is 4.74 Å². The molecule has 0 aliphatic rings. The monoisotopic (exact) mass is 337 g/mol. The number of benzene rings is 1. The van der Waals surface area contributed by atoms with Gasteiger partial charge < -0.3 is 10.1 Å². The van der Waals surface area contributed by atoms with E-state index in [0.717, 1.165) is 22.3 Å². The Kier molecular flexibility index (Phi) is 5.20. The Morgan fingerprint density at radius 1 is 1.45 bits per heavy atom. The molecule has 4 nitrogen and oxygen atoms in total. The summed E-state index contributed by atoms with van der Waals surface area (Å²) in [6.45, 7) is 2.72. The molecule has 1 heterocycles. The number of ether oxygens (including phenoxy) is 1. The standard InChI is InChI=1S/C15H20BrN3O/c1-11-5-4-6-12(9-11)20-8-7-14(17-2)15-13(16)10-18-19(15)3/h4-6,9-10,14,17H,7-8H2,1-3H3. The zero-order valence-electron chi connectivity index (χ0n) is 12.1. The molecule has 0 amide bonds. The quantitative estimate of drug-likeness (QED) is 0.879. The highest BCUT2D eigenvalue weighted by molar-refractivity contribution is 9.10. The van der Waals surface area contributed by atoms with Gasteiger partial charge in [-0.15, -0.1) is 0 Å². The molecule has 0 saturated heterocycles. The molecule has 0 aliphatic carbocycles. The third kappa shape index (κ3) is 3.61. The van der Waals surface area contributed by atoms with Crippen LogP contribution in [0.2, 0.25) is 0 Å². The molecule has 0 fully saturated rings. The lowest BCUT2D eigenvalue weighted by Gasteiger charge is -2.17. The smallest absolute Gasteiger partial charge is 0.119 e. The maximum atomic E-state index is 5.81. The van der Waals surface area contributed by atoms with Gasteiger partial charge in [0.05, 0.1) is 29.0 Å². The zero-order chi connectivity index (χ0) is 14.5. The Labute approximate surface area is 128 Å². The fraction of sp³-hybridized carbons (Fsp3) is 0.400. The second-order valence-corrected chi connectivity index (χ2v) is 5.65. The molecule has 20 heavy (non-hydrogen) atoms. The van der Waals surface area contributed by atoms with E-state index >= 15 is 0 Å². The van der Waals surface area contributed by atoms with Crippen LogP contribution in [0.4, 0.5) is 0 Å². The molecule has 1 aromatic carbocycles. The number of hydrogen-bond acceptors (Lipinski definition) is 3. The summed E-state index contributed by atoms with van der Waals surface area (Å²) in [6.07, 6.45) is 2.70. The number of aryl methyl sites for hydroxylation is 2. The van der Waals surface area contributed by atoms with E-state index in [4.69, 9.17) is 4.74 Å². The predicted octanol–water partition coefficient (Wildman–Crippen LogP) is 3.22. The molecular weight excluding hydrogens is 318 g/mol. The van der Waals surface area contributed by atoms with Gasteiger partial charge in [0, 0.05) is 13.5 Å². The zero-order valence-corrected chi connectivity index (χ0v) is 13.6. The molecule has 5 heteroatoms. The van der Waals surface area contributed by atoms with E-state index in [9.17, 15) is 0 Å². The summed E-state index contributed by atoms with van der Waals surface area (Å²) in [5, 5.41) is 7.56. The molecule has 1 N–H and O–H groups in total. The van der Waals surface area contributed by atoms with Gasteiger partial charge in [0.1, 0.15) is 5.75 Å². The first kappa shape index (κ1) is 15.1. The molecular formula is C15H20BrN3O. The van der Waals surface area contributed by atoms with E-state index in [2.05, 4.69) is 39.3 Å². The fourth-order valence-electron chi connectivity index (χ4n) is 2.23. The topological polar surface area (TPSA) is 39.1 Å². The summed E-state index contributed by atoms with van der Waals surface area (Å²) in [7, 11) is 3.91. The highest BCUT2D eigenvalue weighted by atomic mass is 79.9. The Balaban J connectivity index is 1.95. The molecule has 1 aromatic heterocycles.